The predicted molar refractivity (Wildman–Crippen MR) is 77.6 cm³/mol. The molecule has 1 nitrogen and oxygen atoms in total. The molecule has 0 aliphatic rings. The lowest BCUT2D eigenvalue weighted by molar-refractivity contribution is 0.615. The highest BCUT2D eigenvalue weighted by atomic mass is 14.3. The van der Waals surface area contributed by atoms with Crippen molar-refractivity contribution >= 4 is 0 Å². The van der Waals surface area contributed by atoms with E-state index in [2.05, 4.69) is 39.0 Å². The Labute approximate surface area is 112 Å². The summed E-state index contributed by atoms with van der Waals surface area (Å²) in [5.41, 5.74) is 5.78. The molecule has 0 radical (unpaired) electrons. The van der Waals surface area contributed by atoms with E-state index in [4.69, 9.17) is 5.26 Å². The molecule has 0 saturated carbocycles. The van der Waals surface area contributed by atoms with E-state index in [9.17, 15) is 0 Å². The van der Waals surface area contributed by atoms with Crippen molar-refractivity contribution in [3.05, 3.63) is 34.4 Å². The maximum atomic E-state index is 8.79. The van der Waals surface area contributed by atoms with Gasteiger partial charge in [0.1, 0.15) is 0 Å². The van der Waals surface area contributed by atoms with Gasteiger partial charge in [0, 0.05) is 5.92 Å². The third kappa shape index (κ3) is 4.18. The molecule has 0 amide bonds. The van der Waals surface area contributed by atoms with Crippen molar-refractivity contribution in [3.63, 3.8) is 0 Å². The highest BCUT2D eigenvalue weighted by Gasteiger charge is 2.06. The van der Waals surface area contributed by atoms with Gasteiger partial charge in [-0.3, -0.25) is 0 Å². The maximum absolute atomic E-state index is 8.79. The summed E-state index contributed by atoms with van der Waals surface area (Å²) in [4.78, 5) is 0. The zero-order valence-electron chi connectivity index (χ0n) is 12.2. The Hall–Kier alpha value is -1.29. The highest BCUT2D eigenvalue weighted by Crippen LogP contribution is 2.20. The van der Waals surface area contributed by atoms with E-state index in [-0.39, 0.29) is 5.92 Å². The Morgan fingerprint density at radius 1 is 1.17 bits per heavy atom. The van der Waals surface area contributed by atoms with Crippen LogP contribution in [0.25, 0.3) is 0 Å². The Bertz CT molecular complexity index is 403. The predicted octanol–water partition coefficient (Wildman–Crippen LogP) is 4.74. The van der Waals surface area contributed by atoms with Gasteiger partial charge in [-0.15, -0.1) is 0 Å². The number of nitrogens with zero attached hydrogens (tertiary/aromatic N) is 1. The van der Waals surface area contributed by atoms with Gasteiger partial charge in [0.2, 0.25) is 0 Å². The van der Waals surface area contributed by atoms with Crippen molar-refractivity contribution in [2.75, 3.05) is 0 Å². The summed E-state index contributed by atoms with van der Waals surface area (Å²) in [6.07, 6.45) is 5.61. The molecule has 0 spiro atoms. The minimum Gasteiger partial charge on any atom is -0.198 e. The molecule has 0 heterocycles. The quantitative estimate of drug-likeness (QED) is 0.708. The second-order valence-electron chi connectivity index (χ2n) is 5.38. The van der Waals surface area contributed by atoms with Crippen LogP contribution < -0.4 is 0 Å². The fourth-order valence-corrected chi connectivity index (χ4v) is 2.56. The van der Waals surface area contributed by atoms with Crippen LogP contribution in [-0.4, -0.2) is 0 Å². The van der Waals surface area contributed by atoms with E-state index in [1.807, 2.05) is 6.92 Å². The zero-order chi connectivity index (χ0) is 13.5. The fraction of sp³-hybridized carbons (Fsp3) is 0.588. The normalized spacial score (nSPS) is 12.2. The number of nitriles is 1. The lowest BCUT2D eigenvalue weighted by Gasteiger charge is -2.13. The molecule has 0 aromatic heterocycles. The molecule has 1 aromatic rings. The van der Waals surface area contributed by atoms with Crippen LogP contribution in [0.15, 0.2) is 12.1 Å². The first-order chi connectivity index (χ1) is 8.58. The van der Waals surface area contributed by atoms with Crippen LogP contribution in [0.2, 0.25) is 0 Å². The van der Waals surface area contributed by atoms with E-state index in [0.717, 1.165) is 19.3 Å². The van der Waals surface area contributed by atoms with Gasteiger partial charge in [-0.05, 0) is 68.7 Å². The van der Waals surface area contributed by atoms with Crippen LogP contribution in [0.5, 0.6) is 0 Å². The molecule has 1 rings (SSSR count). The minimum absolute atomic E-state index is 0.185. The Morgan fingerprint density at radius 2 is 1.78 bits per heavy atom. The van der Waals surface area contributed by atoms with Crippen molar-refractivity contribution in [2.24, 2.45) is 5.92 Å². The van der Waals surface area contributed by atoms with Gasteiger partial charge in [0.25, 0.3) is 0 Å². The molecule has 0 N–H and O–H groups in total. The second kappa shape index (κ2) is 7.21. The Kier molecular flexibility index (Phi) is 5.92. The second-order valence-corrected chi connectivity index (χ2v) is 5.38. The van der Waals surface area contributed by atoms with Crippen LogP contribution in [0.1, 0.15) is 55.4 Å². The SMILES string of the molecule is CCCc1cc(C)c(CCCC(C)C#N)c(C)c1. The average Bonchev–Trinajstić information content (AvgIpc) is 2.32. The third-order valence-corrected chi connectivity index (χ3v) is 3.58. The van der Waals surface area contributed by atoms with E-state index in [1.54, 1.807) is 0 Å². The summed E-state index contributed by atoms with van der Waals surface area (Å²) < 4.78 is 0. The molecule has 0 saturated heterocycles. The van der Waals surface area contributed by atoms with Crippen LogP contribution in [0.3, 0.4) is 0 Å². The monoisotopic (exact) mass is 243 g/mol. The summed E-state index contributed by atoms with van der Waals surface area (Å²) in [5, 5.41) is 8.79. The standard InChI is InChI=1S/C17H25N/c1-5-7-16-10-14(3)17(15(4)11-16)9-6-8-13(2)12-18/h10-11,13H,5-9H2,1-4H3. The van der Waals surface area contributed by atoms with Gasteiger partial charge in [-0.25, -0.2) is 0 Å². The van der Waals surface area contributed by atoms with Gasteiger partial charge >= 0.3 is 0 Å². The largest absolute Gasteiger partial charge is 0.198 e. The number of benzene rings is 1. The van der Waals surface area contributed by atoms with E-state index < -0.39 is 0 Å². The van der Waals surface area contributed by atoms with Crippen LogP contribution in [0.4, 0.5) is 0 Å². The zero-order valence-corrected chi connectivity index (χ0v) is 12.2. The van der Waals surface area contributed by atoms with Crippen LogP contribution in [0, 0.1) is 31.1 Å². The maximum Gasteiger partial charge on any atom is 0.0652 e. The van der Waals surface area contributed by atoms with Crippen LogP contribution in [-0.2, 0) is 12.8 Å². The van der Waals surface area contributed by atoms with Gasteiger partial charge in [0.15, 0.2) is 0 Å². The van der Waals surface area contributed by atoms with E-state index >= 15 is 0 Å². The smallest absolute Gasteiger partial charge is 0.0652 e. The molecule has 1 aromatic carbocycles. The number of aryl methyl sites for hydroxylation is 3. The first kappa shape index (κ1) is 14.8. The van der Waals surface area contributed by atoms with Gasteiger partial charge < -0.3 is 0 Å². The highest BCUT2D eigenvalue weighted by molar-refractivity contribution is 5.38. The average molecular weight is 243 g/mol. The first-order valence-electron chi connectivity index (χ1n) is 7.07. The van der Waals surface area contributed by atoms with Crippen molar-refractivity contribution in [3.8, 4) is 6.07 Å². The molecule has 18 heavy (non-hydrogen) atoms. The van der Waals surface area contributed by atoms with Gasteiger partial charge in [-0.2, -0.15) is 5.26 Å². The van der Waals surface area contributed by atoms with Crippen LogP contribution >= 0.6 is 0 Å². The Morgan fingerprint density at radius 3 is 2.28 bits per heavy atom. The summed E-state index contributed by atoms with van der Waals surface area (Å²) >= 11 is 0. The molecule has 1 heteroatoms. The number of rotatable bonds is 6. The summed E-state index contributed by atoms with van der Waals surface area (Å²) in [6, 6.07) is 6.97. The first-order valence-corrected chi connectivity index (χ1v) is 7.07. The lowest BCUT2D eigenvalue weighted by atomic mass is 9.93. The molecule has 0 fully saturated rings. The lowest BCUT2D eigenvalue weighted by Crippen LogP contribution is -1.99. The van der Waals surface area contributed by atoms with E-state index in [1.165, 1.54) is 35.1 Å². The molecule has 1 atom stereocenters. The summed E-state index contributed by atoms with van der Waals surface area (Å²) in [6.45, 7) is 8.66. The van der Waals surface area contributed by atoms with Crippen molar-refractivity contribution < 1.29 is 0 Å². The number of hydrogen-bond donors (Lipinski definition) is 0. The van der Waals surface area contributed by atoms with Crippen molar-refractivity contribution in [1.29, 1.82) is 5.26 Å². The molecular weight excluding hydrogens is 218 g/mol. The molecular formula is C17H25N. The Balaban J connectivity index is 2.69. The minimum atomic E-state index is 0.185. The number of hydrogen-bond acceptors (Lipinski definition) is 1. The van der Waals surface area contributed by atoms with Gasteiger partial charge in [0.05, 0.1) is 6.07 Å². The van der Waals surface area contributed by atoms with Gasteiger partial charge in [-0.1, -0.05) is 25.5 Å². The van der Waals surface area contributed by atoms with Crippen molar-refractivity contribution in [2.45, 2.75) is 59.8 Å². The molecule has 1 unspecified atom stereocenters. The molecule has 0 bridgehead atoms. The summed E-state index contributed by atoms with van der Waals surface area (Å²) in [7, 11) is 0. The van der Waals surface area contributed by atoms with E-state index in [0.29, 0.717) is 0 Å². The third-order valence-electron chi connectivity index (χ3n) is 3.58. The summed E-state index contributed by atoms with van der Waals surface area (Å²) in [5.74, 6) is 0.185. The molecule has 98 valence electrons. The fourth-order valence-electron chi connectivity index (χ4n) is 2.56. The topological polar surface area (TPSA) is 23.8 Å². The van der Waals surface area contributed by atoms with Crippen molar-refractivity contribution in [1.82, 2.24) is 0 Å². The molecule has 0 aliphatic heterocycles. The molecule has 0 aliphatic carbocycles.